The van der Waals surface area contributed by atoms with Crippen LogP contribution >= 0.6 is 23.1 Å². The lowest BCUT2D eigenvalue weighted by Gasteiger charge is -2.06. The fourth-order valence-electron chi connectivity index (χ4n) is 1.26. The second-order valence-electron chi connectivity index (χ2n) is 2.96. The average Bonchev–Trinajstić information content (AvgIpc) is 2.81. The van der Waals surface area contributed by atoms with Gasteiger partial charge in [-0.05, 0) is 29.7 Å². The van der Waals surface area contributed by atoms with Gasteiger partial charge in [-0.2, -0.15) is 0 Å². The first-order valence-electron chi connectivity index (χ1n) is 4.38. The number of halogens is 1. The number of nitrogens with zero attached hydrogens (tertiary/aromatic N) is 2. The third-order valence-corrected chi connectivity index (χ3v) is 2.89. The minimum absolute atomic E-state index is 0.186. The minimum Gasteiger partial charge on any atom is -0.496 e. The number of benzene rings is 1. The Morgan fingerprint density at radius 2 is 2.31 bits per heavy atom. The van der Waals surface area contributed by atoms with Crippen molar-refractivity contribution in [2.75, 3.05) is 7.11 Å². The second kappa shape index (κ2) is 4.59. The van der Waals surface area contributed by atoms with Gasteiger partial charge >= 0.3 is 0 Å². The molecule has 0 aliphatic heterocycles. The monoisotopic (exact) mass is 254 g/mol. The van der Waals surface area contributed by atoms with Crippen LogP contribution in [0.4, 0.5) is 0 Å². The first-order chi connectivity index (χ1) is 7.72. The first-order valence-corrected chi connectivity index (χ1v) is 5.53. The molecule has 1 heterocycles. The summed E-state index contributed by atoms with van der Waals surface area (Å²) in [6.45, 7) is 0. The summed E-state index contributed by atoms with van der Waals surface area (Å²) in [4.78, 5) is 12.5. The lowest BCUT2D eigenvalue weighted by Crippen LogP contribution is -2.02. The van der Waals surface area contributed by atoms with E-state index in [-0.39, 0.29) is 5.78 Å². The van der Waals surface area contributed by atoms with Crippen LogP contribution in [0.2, 0.25) is 5.02 Å². The van der Waals surface area contributed by atoms with Crippen molar-refractivity contribution in [1.82, 2.24) is 9.59 Å². The summed E-state index contributed by atoms with van der Waals surface area (Å²) >= 11 is 6.89. The molecule has 1 aromatic heterocycles. The number of carbonyl (C=O) groups is 1. The summed E-state index contributed by atoms with van der Waals surface area (Å²) in [7, 11) is 1.50. The van der Waals surface area contributed by atoms with Gasteiger partial charge in [-0.1, -0.05) is 16.1 Å². The van der Waals surface area contributed by atoms with Crippen molar-refractivity contribution in [2.45, 2.75) is 0 Å². The summed E-state index contributed by atoms with van der Waals surface area (Å²) in [5.41, 5.74) is 0.418. The molecular weight excluding hydrogens is 248 g/mol. The topological polar surface area (TPSA) is 52.1 Å². The average molecular weight is 255 g/mol. The van der Waals surface area contributed by atoms with Gasteiger partial charge in [0.25, 0.3) is 0 Å². The molecule has 82 valence electrons. The first kappa shape index (κ1) is 11.0. The number of carbonyl (C=O) groups excluding carboxylic acids is 1. The van der Waals surface area contributed by atoms with Gasteiger partial charge in [0.1, 0.15) is 10.6 Å². The Kier molecular flexibility index (Phi) is 3.17. The van der Waals surface area contributed by atoms with Crippen LogP contribution in [0.3, 0.4) is 0 Å². The van der Waals surface area contributed by atoms with Crippen LogP contribution in [0.25, 0.3) is 0 Å². The molecule has 0 aliphatic carbocycles. The van der Waals surface area contributed by atoms with Crippen LogP contribution in [0, 0.1) is 0 Å². The van der Waals surface area contributed by atoms with Gasteiger partial charge in [-0.25, -0.2) is 0 Å². The van der Waals surface area contributed by atoms with Crippen LogP contribution in [-0.2, 0) is 0 Å². The van der Waals surface area contributed by atoms with E-state index in [0.717, 1.165) is 11.5 Å². The van der Waals surface area contributed by atoms with E-state index in [4.69, 9.17) is 16.3 Å². The molecule has 0 radical (unpaired) electrons. The molecule has 0 amide bonds. The molecular formula is C10H7ClN2O2S. The van der Waals surface area contributed by atoms with Crippen molar-refractivity contribution in [3.8, 4) is 5.75 Å². The molecule has 0 saturated carbocycles. The SMILES string of the molecule is COc1ccc(Cl)cc1C(=O)c1cnns1. The van der Waals surface area contributed by atoms with Crippen molar-refractivity contribution >= 4 is 28.9 Å². The van der Waals surface area contributed by atoms with E-state index in [1.807, 2.05) is 0 Å². The van der Waals surface area contributed by atoms with Gasteiger partial charge < -0.3 is 4.74 Å². The number of ketones is 1. The number of hydrogen-bond donors (Lipinski definition) is 0. The highest BCUT2D eigenvalue weighted by Gasteiger charge is 2.16. The predicted octanol–water partition coefficient (Wildman–Crippen LogP) is 2.43. The molecule has 0 N–H and O–H groups in total. The van der Waals surface area contributed by atoms with Gasteiger partial charge in [-0.3, -0.25) is 4.79 Å². The maximum atomic E-state index is 12.0. The summed E-state index contributed by atoms with van der Waals surface area (Å²) in [6.07, 6.45) is 1.42. The highest BCUT2D eigenvalue weighted by Crippen LogP contribution is 2.25. The fraction of sp³-hybridized carbons (Fsp3) is 0.100. The summed E-state index contributed by atoms with van der Waals surface area (Å²) in [5.74, 6) is 0.303. The summed E-state index contributed by atoms with van der Waals surface area (Å²) < 4.78 is 8.75. The van der Waals surface area contributed by atoms with Crippen LogP contribution in [0.1, 0.15) is 15.2 Å². The molecule has 2 rings (SSSR count). The van der Waals surface area contributed by atoms with Gasteiger partial charge in [0.05, 0.1) is 18.9 Å². The van der Waals surface area contributed by atoms with Crippen LogP contribution in [0.5, 0.6) is 5.75 Å². The zero-order chi connectivity index (χ0) is 11.5. The van der Waals surface area contributed by atoms with E-state index in [1.54, 1.807) is 18.2 Å². The normalized spacial score (nSPS) is 10.1. The zero-order valence-corrected chi connectivity index (χ0v) is 9.88. The zero-order valence-electron chi connectivity index (χ0n) is 8.31. The van der Waals surface area contributed by atoms with Crippen molar-refractivity contribution in [3.63, 3.8) is 0 Å². The molecule has 16 heavy (non-hydrogen) atoms. The second-order valence-corrected chi connectivity index (χ2v) is 4.18. The molecule has 0 saturated heterocycles. The molecule has 6 heteroatoms. The number of methoxy groups -OCH3 is 1. The molecule has 0 aliphatic rings. The Balaban J connectivity index is 2.47. The molecule has 4 nitrogen and oxygen atoms in total. The number of hydrogen-bond acceptors (Lipinski definition) is 5. The van der Waals surface area contributed by atoms with Crippen LogP contribution < -0.4 is 4.74 Å². The Hall–Kier alpha value is -1.46. The maximum absolute atomic E-state index is 12.0. The standard InChI is InChI=1S/C10H7ClN2O2S/c1-15-8-3-2-6(11)4-7(8)10(14)9-5-12-13-16-9/h2-5H,1H3. The quantitative estimate of drug-likeness (QED) is 0.790. The van der Waals surface area contributed by atoms with Crippen molar-refractivity contribution in [3.05, 3.63) is 39.9 Å². The van der Waals surface area contributed by atoms with E-state index >= 15 is 0 Å². The molecule has 1 aromatic carbocycles. The lowest BCUT2D eigenvalue weighted by molar-refractivity contribution is 0.103. The highest BCUT2D eigenvalue weighted by atomic mass is 35.5. The Labute approximate surface area is 101 Å². The number of rotatable bonds is 3. The third-order valence-electron chi connectivity index (χ3n) is 1.99. The van der Waals surface area contributed by atoms with E-state index in [9.17, 15) is 4.79 Å². The molecule has 0 bridgehead atoms. The van der Waals surface area contributed by atoms with E-state index < -0.39 is 0 Å². The Bertz CT molecular complexity index is 514. The Morgan fingerprint density at radius 3 is 2.94 bits per heavy atom. The van der Waals surface area contributed by atoms with Gasteiger partial charge in [0.15, 0.2) is 0 Å². The van der Waals surface area contributed by atoms with E-state index in [1.165, 1.54) is 13.3 Å². The van der Waals surface area contributed by atoms with Crippen LogP contribution in [0.15, 0.2) is 24.4 Å². The van der Waals surface area contributed by atoms with Gasteiger partial charge in [-0.15, -0.1) is 5.10 Å². The van der Waals surface area contributed by atoms with Crippen molar-refractivity contribution in [2.24, 2.45) is 0 Å². The van der Waals surface area contributed by atoms with E-state index in [2.05, 4.69) is 9.59 Å². The molecule has 2 aromatic rings. The van der Waals surface area contributed by atoms with Gasteiger partial charge in [0.2, 0.25) is 5.78 Å². The predicted molar refractivity (Wildman–Crippen MR) is 61.3 cm³/mol. The van der Waals surface area contributed by atoms with Crippen molar-refractivity contribution in [1.29, 1.82) is 0 Å². The number of aromatic nitrogens is 2. The highest BCUT2D eigenvalue weighted by molar-refractivity contribution is 7.08. The number of ether oxygens (including phenoxy) is 1. The lowest BCUT2D eigenvalue weighted by atomic mass is 10.1. The van der Waals surface area contributed by atoms with Gasteiger partial charge in [0, 0.05) is 5.02 Å². The van der Waals surface area contributed by atoms with Crippen LogP contribution in [-0.4, -0.2) is 22.5 Å². The molecule has 0 atom stereocenters. The molecule has 0 unspecified atom stereocenters. The maximum Gasteiger partial charge on any atom is 0.209 e. The minimum atomic E-state index is -0.186. The molecule has 0 spiro atoms. The third kappa shape index (κ3) is 2.05. The summed E-state index contributed by atoms with van der Waals surface area (Å²) in [5, 5.41) is 4.11. The Morgan fingerprint density at radius 1 is 1.50 bits per heavy atom. The molecule has 0 fully saturated rings. The van der Waals surface area contributed by atoms with E-state index in [0.29, 0.717) is 21.2 Å². The largest absolute Gasteiger partial charge is 0.496 e. The smallest absolute Gasteiger partial charge is 0.209 e. The fourth-order valence-corrected chi connectivity index (χ4v) is 1.90. The summed E-state index contributed by atoms with van der Waals surface area (Å²) in [6, 6.07) is 4.90. The van der Waals surface area contributed by atoms with Crippen molar-refractivity contribution < 1.29 is 9.53 Å².